The van der Waals surface area contributed by atoms with E-state index in [2.05, 4.69) is 9.36 Å². The van der Waals surface area contributed by atoms with E-state index in [9.17, 15) is 14.7 Å². The number of methoxy groups -OCH3 is 1. The van der Waals surface area contributed by atoms with Gasteiger partial charge in [0.25, 0.3) is 5.91 Å². The lowest BCUT2D eigenvalue weighted by atomic mass is 10.2. The standard InChI is InChI=1S/C13H13N3O4S/c1-7-9(13(18)19)12(21-15-7)16(2)11(17)8-5-4-6-14-10(8)20-3/h4-6H,1-3H3,(H,18,19). The first-order valence-electron chi connectivity index (χ1n) is 5.94. The number of rotatable bonds is 4. The van der Waals surface area contributed by atoms with Crippen LogP contribution in [-0.2, 0) is 0 Å². The number of aromatic nitrogens is 2. The quantitative estimate of drug-likeness (QED) is 0.926. The second kappa shape index (κ2) is 5.88. The largest absolute Gasteiger partial charge is 0.480 e. The molecule has 0 saturated carbocycles. The Morgan fingerprint density at radius 3 is 2.76 bits per heavy atom. The zero-order chi connectivity index (χ0) is 15.6. The molecule has 0 radical (unpaired) electrons. The lowest BCUT2D eigenvalue weighted by Gasteiger charge is -2.16. The number of aryl methyl sites for hydroxylation is 1. The Hall–Kier alpha value is -2.48. The number of carboxylic acid groups (broad SMARTS) is 1. The molecule has 7 nitrogen and oxygen atoms in total. The van der Waals surface area contributed by atoms with Gasteiger partial charge in [-0.25, -0.2) is 9.78 Å². The van der Waals surface area contributed by atoms with E-state index in [1.54, 1.807) is 19.1 Å². The molecule has 8 heteroatoms. The number of aromatic carboxylic acids is 1. The molecule has 1 amide bonds. The zero-order valence-corrected chi connectivity index (χ0v) is 12.5. The molecule has 0 aliphatic rings. The summed E-state index contributed by atoms with van der Waals surface area (Å²) in [6, 6.07) is 3.18. The average Bonchev–Trinajstić information content (AvgIpc) is 2.87. The van der Waals surface area contributed by atoms with Crippen LogP contribution in [0.25, 0.3) is 0 Å². The Morgan fingerprint density at radius 1 is 1.43 bits per heavy atom. The summed E-state index contributed by atoms with van der Waals surface area (Å²) in [4.78, 5) is 29.0. The molecular weight excluding hydrogens is 294 g/mol. The molecule has 0 atom stereocenters. The Kier molecular flexibility index (Phi) is 4.18. The summed E-state index contributed by atoms with van der Waals surface area (Å²) in [6.07, 6.45) is 1.51. The second-order valence-corrected chi connectivity index (χ2v) is 4.93. The fourth-order valence-electron chi connectivity index (χ4n) is 1.82. The number of hydrogen-bond acceptors (Lipinski definition) is 6. The van der Waals surface area contributed by atoms with Gasteiger partial charge in [0.15, 0.2) is 0 Å². The van der Waals surface area contributed by atoms with Crippen LogP contribution in [0.15, 0.2) is 18.3 Å². The summed E-state index contributed by atoms with van der Waals surface area (Å²) in [5.41, 5.74) is 0.656. The Balaban J connectivity index is 2.43. The second-order valence-electron chi connectivity index (χ2n) is 4.18. The van der Waals surface area contributed by atoms with Gasteiger partial charge in [0.05, 0.1) is 12.8 Å². The molecule has 0 aromatic carbocycles. The van der Waals surface area contributed by atoms with Crippen molar-refractivity contribution in [3.05, 3.63) is 35.2 Å². The number of pyridine rings is 1. The minimum absolute atomic E-state index is 0.0266. The summed E-state index contributed by atoms with van der Waals surface area (Å²) in [5.74, 6) is -1.34. The first-order valence-corrected chi connectivity index (χ1v) is 6.71. The molecule has 21 heavy (non-hydrogen) atoms. The predicted octanol–water partition coefficient (Wildman–Crippen LogP) is 1.83. The molecule has 1 N–H and O–H groups in total. The first-order chi connectivity index (χ1) is 9.97. The Morgan fingerprint density at radius 2 is 2.14 bits per heavy atom. The minimum atomic E-state index is -1.12. The average molecular weight is 307 g/mol. The van der Waals surface area contributed by atoms with Crippen LogP contribution < -0.4 is 9.64 Å². The van der Waals surface area contributed by atoms with Gasteiger partial charge in [0.2, 0.25) is 5.88 Å². The maximum atomic E-state index is 12.5. The first kappa shape index (κ1) is 14.9. The van der Waals surface area contributed by atoms with Gasteiger partial charge >= 0.3 is 5.97 Å². The topological polar surface area (TPSA) is 92.6 Å². The number of carboxylic acids is 1. The number of hydrogen-bond donors (Lipinski definition) is 1. The maximum Gasteiger partial charge on any atom is 0.340 e. The van der Waals surface area contributed by atoms with E-state index < -0.39 is 11.9 Å². The van der Waals surface area contributed by atoms with E-state index >= 15 is 0 Å². The van der Waals surface area contributed by atoms with Crippen LogP contribution in [0.5, 0.6) is 5.88 Å². The third kappa shape index (κ3) is 2.70. The van der Waals surface area contributed by atoms with Crippen LogP contribution >= 0.6 is 11.5 Å². The normalized spacial score (nSPS) is 10.2. The molecule has 0 saturated heterocycles. The third-order valence-electron chi connectivity index (χ3n) is 2.86. The molecule has 2 rings (SSSR count). The SMILES string of the molecule is COc1ncccc1C(=O)N(C)c1snc(C)c1C(=O)O. The van der Waals surface area contributed by atoms with Crippen LogP contribution in [0.2, 0.25) is 0 Å². The van der Waals surface area contributed by atoms with Crippen LogP contribution in [0.4, 0.5) is 5.00 Å². The summed E-state index contributed by atoms with van der Waals surface area (Å²) < 4.78 is 9.05. The van der Waals surface area contributed by atoms with Gasteiger partial charge in [-0.1, -0.05) is 0 Å². The van der Waals surface area contributed by atoms with Crippen molar-refractivity contribution in [3.63, 3.8) is 0 Å². The molecule has 2 heterocycles. The van der Waals surface area contributed by atoms with E-state index in [1.165, 1.54) is 25.3 Å². The number of carbonyl (C=O) groups excluding carboxylic acids is 1. The molecule has 0 aliphatic heterocycles. The number of ether oxygens (including phenoxy) is 1. The lowest BCUT2D eigenvalue weighted by Crippen LogP contribution is -2.27. The molecule has 110 valence electrons. The summed E-state index contributed by atoms with van der Waals surface area (Å²) in [7, 11) is 2.91. The van der Waals surface area contributed by atoms with Crippen molar-refractivity contribution in [3.8, 4) is 5.88 Å². The summed E-state index contributed by atoms with van der Waals surface area (Å²) in [6.45, 7) is 1.59. The van der Waals surface area contributed by atoms with Gasteiger partial charge in [-0.3, -0.25) is 4.79 Å². The van der Waals surface area contributed by atoms with E-state index in [0.29, 0.717) is 5.69 Å². The van der Waals surface area contributed by atoms with Crippen LogP contribution in [-0.4, -0.2) is 40.5 Å². The van der Waals surface area contributed by atoms with E-state index in [1.807, 2.05) is 0 Å². The molecule has 0 bridgehead atoms. The van der Waals surface area contributed by atoms with Crippen molar-refractivity contribution in [2.75, 3.05) is 19.1 Å². The Bertz CT molecular complexity index is 698. The maximum absolute atomic E-state index is 12.5. The van der Waals surface area contributed by atoms with E-state index in [0.717, 1.165) is 11.5 Å². The molecule has 2 aromatic heterocycles. The number of anilines is 1. The molecule has 0 fully saturated rings. The molecule has 0 spiro atoms. The Labute approximate surface area is 125 Å². The fourth-order valence-corrected chi connectivity index (χ4v) is 2.67. The highest BCUT2D eigenvalue weighted by atomic mass is 32.1. The number of nitrogens with zero attached hydrogens (tertiary/aromatic N) is 3. The molecule has 2 aromatic rings. The van der Waals surface area contributed by atoms with Crippen LogP contribution in [0.1, 0.15) is 26.4 Å². The van der Waals surface area contributed by atoms with Crippen molar-refractivity contribution in [1.82, 2.24) is 9.36 Å². The van der Waals surface area contributed by atoms with Crippen LogP contribution in [0.3, 0.4) is 0 Å². The molecular formula is C13H13N3O4S. The number of carbonyl (C=O) groups is 2. The van der Waals surface area contributed by atoms with Gasteiger partial charge in [0, 0.05) is 13.2 Å². The van der Waals surface area contributed by atoms with Gasteiger partial charge in [0.1, 0.15) is 16.1 Å². The van der Waals surface area contributed by atoms with Gasteiger partial charge < -0.3 is 14.7 Å². The molecule has 0 unspecified atom stereocenters. The third-order valence-corrected chi connectivity index (χ3v) is 3.88. The van der Waals surface area contributed by atoms with E-state index in [-0.39, 0.29) is 22.0 Å². The minimum Gasteiger partial charge on any atom is -0.480 e. The van der Waals surface area contributed by atoms with Crippen molar-refractivity contribution in [2.24, 2.45) is 0 Å². The van der Waals surface area contributed by atoms with Crippen molar-refractivity contribution in [2.45, 2.75) is 6.92 Å². The highest BCUT2D eigenvalue weighted by Gasteiger charge is 2.26. The highest BCUT2D eigenvalue weighted by molar-refractivity contribution is 7.11. The predicted molar refractivity (Wildman–Crippen MR) is 77.3 cm³/mol. The fraction of sp³-hybridized carbons (Fsp3) is 0.231. The monoisotopic (exact) mass is 307 g/mol. The van der Waals surface area contributed by atoms with Crippen LogP contribution in [0, 0.1) is 6.92 Å². The highest BCUT2D eigenvalue weighted by Crippen LogP contribution is 2.29. The zero-order valence-electron chi connectivity index (χ0n) is 11.7. The lowest BCUT2D eigenvalue weighted by molar-refractivity contribution is 0.0697. The van der Waals surface area contributed by atoms with Crippen molar-refractivity contribution >= 4 is 28.4 Å². The smallest absolute Gasteiger partial charge is 0.340 e. The molecule has 0 aliphatic carbocycles. The number of amides is 1. The summed E-state index contributed by atoms with van der Waals surface area (Å²) in [5, 5.41) is 9.50. The van der Waals surface area contributed by atoms with Gasteiger partial charge in [-0.15, -0.1) is 0 Å². The van der Waals surface area contributed by atoms with Crippen molar-refractivity contribution < 1.29 is 19.4 Å². The summed E-state index contributed by atoms with van der Waals surface area (Å²) >= 11 is 0.962. The van der Waals surface area contributed by atoms with Gasteiger partial charge in [-0.05, 0) is 30.6 Å². The van der Waals surface area contributed by atoms with Crippen molar-refractivity contribution in [1.29, 1.82) is 0 Å². The van der Waals surface area contributed by atoms with Gasteiger partial charge in [-0.2, -0.15) is 4.37 Å². The van der Waals surface area contributed by atoms with E-state index in [4.69, 9.17) is 4.74 Å².